The first-order chi connectivity index (χ1) is 5.97. The fourth-order valence-electron chi connectivity index (χ4n) is 1.03. The van der Waals surface area contributed by atoms with E-state index in [0.29, 0.717) is 0 Å². The van der Waals surface area contributed by atoms with Gasteiger partial charge in [0.1, 0.15) is 0 Å². The van der Waals surface area contributed by atoms with Gasteiger partial charge in [-0.1, -0.05) is 12.1 Å². The zero-order valence-electron chi connectivity index (χ0n) is 8.15. The van der Waals surface area contributed by atoms with Gasteiger partial charge in [0.2, 0.25) is 0 Å². The van der Waals surface area contributed by atoms with E-state index in [-0.39, 0.29) is 33.8 Å². The summed E-state index contributed by atoms with van der Waals surface area (Å²) in [4.78, 5) is 8.37. The van der Waals surface area contributed by atoms with E-state index in [1.165, 1.54) is 0 Å². The molecule has 0 fully saturated rings. The molecule has 0 N–H and O–H groups in total. The van der Waals surface area contributed by atoms with Gasteiger partial charge in [0.25, 0.3) is 0 Å². The predicted molar refractivity (Wildman–Crippen MR) is 49.5 cm³/mol. The third-order valence-electron chi connectivity index (χ3n) is 1.59. The smallest absolute Gasteiger partial charge is 2.00 e. The molecule has 82 valence electrons. The van der Waals surface area contributed by atoms with Crippen molar-refractivity contribution >= 4 is 0 Å². The number of nitrogens with zero attached hydrogens (tertiary/aromatic N) is 2. The zero-order chi connectivity index (χ0) is 8.23. The Kier molecular flexibility index (Phi) is 12.9. The Hall–Kier alpha value is -1.29. The summed E-state index contributed by atoms with van der Waals surface area (Å²) in [5.74, 6) is 0. The normalized spacial score (nSPS) is 7.25. The Morgan fingerprint density at radius 1 is 0.625 bits per heavy atom. The Morgan fingerprint density at radius 3 is 1.25 bits per heavy atom. The number of hydrogen-bond donors (Lipinski definition) is 0. The summed E-state index contributed by atoms with van der Waals surface area (Å²) in [5.41, 5.74) is 1.83. The standard InChI is InChI=1S/C10H8N2.Cr.3O/c1-3-7-11-9(5-1)10-6-2-4-8-12-10;;;;/h1-8H;;;;/q;+6;3*-2. The Bertz CT molecular complexity index is 321. The van der Waals surface area contributed by atoms with Crippen LogP contribution in [0.15, 0.2) is 48.8 Å². The van der Waals surface area contributed by atoms with Crippen LogP contribution >= 0.6 is 0 Å². The van der Waals surface area contributed by atoms with Crippen LogP contribution in [0, 0.1) is 0 Å². The molecule has 0 aliphatic carbocycles. The molecule has 0 saturated carbocycles. The van der Waals surface area contributed by atoms with Crippen LogP contribution in [0.1, 0.15) is 0 Å². The van der Waals surface area contributed by atoms with Crippen LogP contribution in [0.5, 0.6) is 0 Å². The molecule has 2 aromatic rings. The van der Waals surface area contributed by atoms with Crippen LogP contribution in [0.3, 0.4) is 0 Å². The van der Waals surface area contributed by atoms with Crippen molar-refractivity contribution < 1.29 is 33.8 Å². The average Bonchev–Trinajstić information content (AvgIpc) is 2.21. The van der Waals surface area contributed by atoms with Crippen molar-refractivity contribution in [3.63, 3.8) is 0 Å². The van der Waals surface area contributed by atoms with E-state index >= 15 is 0 Å². The molecule has 0 radical (unpaired) electrons. The van der Waals surface area contributed by atoms with Crippen LogP contribution in [0.4, 0.5) is 0 Å². The van der Waals surface area contributed by atoms with E-state index in [4.69, 9.17) is 0 Å². The first-order valence-corrected chi connectivity index (χ1v) is 3.79. The Morgan fingerprint density at radius 2 is 1.00 bits per heavy atom. The van der Waals surface area contributed by atoms with E-state index in [9.17, 15) is 0 Å². The van der Waals surface area contributed by atoms with Crippen molar-refractivity contribution in [2.24, 2.45) is 0 Å². The predicted octanol–water partition coefficient (Wildman–Crippen LogP) is 1.78. The largest absolute Gasteiger partial charge is 6.00 e. The molecule has 2 heterocycles. The number of pyridine rings is 2. The molecule has 0 aliphatic rings. The second kappa shape index (κ2) is 10.2. The second-order valence-electron chi connectivity index (χ2n) is 2.43. The van der Waals surface area contributed by atoms with E-state index in [1.807, 2.05) is 36.4 Å². The van der Waals surface area contributed by atoms with Gasteiger partial charge in [-0.25, -0.2) is 0 Å². The summed E-state index contributed by atoms with van der Waals surface area (Å²) in [5, 5.41) is 0. The third kappa shape index (κ3) is 4.98. The summed E-state index contributed by atoms with van der Waals surface area (Å²) in [6, 6.07) is 11.6. The molecule has 0 atom stereocenters. The molecule has 6 heteroatoms. The zero-order valence-corrected chi connectivity index (χ0v) is 9.42. The molecule has 0 aliphatic heterocycles. The minimum atomic E-state index is 0. The summed E-state index contributed by atoms with van der Waals surface area (Å²) < 4.78 is 0. The molecule has 16 heavy (non-hydrogen) atoms. The molecule has 2 aromatic heterocycles. The Labute approximate surface area is 104 Å². The van der Waals surface area contributed by atoms with Gasteiger partial charge in [0.05, 0.1) is 11.4 Å². The monoisotopic (exact) mass is 256 g/mol. The number of rotatable bonds is 1. The maximum Gasteiger partial charge on any atom is 6.00 e. The molecule has 0 aromatic carbocycles. The van der Waals surface area contributed by atoms with Crippen LogP contribution < -0.4 is 0 Å². The van der Waals surface area contributed by atoms with Crippen molar-refractivity contribution in [3.8, 4) is 11.4 Å². The molecule has 0 spiro atoms. The topological polar surface area (TPSA) is 111 Å². The number of hydrogen-bond acceptors (Lipinski definition) is 2. The first-order valence-electron chi connectivity index (χ1n) is 3.79. The second-order valence-corrected chi connectivity index (χ2v) is 2.43. The molecular formula is C10H8CrN2O3. The molecule has 0 amide bonds. The minimum Gasteiger partial charge on any atom is -2.00 e. The van der Waals surface area contributed by atoms with Gasteiger partial charge in [-0.05, 0) is 24.3 Å². The maximum absolute atomic E-state index is 4.19. The summed E-state index contributed by atoms with van der Waals surface area (Å²) in [6.07, 6.45) is 3.54. The van der Waals surface area contributed by atoms with Crippen molar-refractivity contribution in [1.82, 2.24) is 9.97 Å². The quantitative estimate of drug-likeness (QED) is 0.774. The summed E-state index contributed by atoms with van der Waals surface area (Å²) >= 11 is 0. The van der Waals surface area contributed by atoms with Gasteiger partial charge >= 0.3 is 17.4 Å². The fraction of sp³-hybridized carbons (Fsp3) is 0. The van der Waals surface area contributed by atoms with Gasteiger partial charge in [-0.3, -0.25) is 9.97 Å². The maximum atomic E-state index is 4.19. The molecule has 0 saturated heterocycles. The van der Waals surface area contributed by atoms with Crippen molar-refractivity contribution in [2.45, 2.75) is 0 Å². The fourth-order valence-corrected chi connectivity index (χ4v) is 1.03. The molecule has 0 bridgehead atoms. The SMILES string of the molecule is [Cr+6].[O-2].[O-2].[O-2].c1ccc(-c2ccccn2)nc1. The van der Waals surface area contributed by atoms with E-state index in [1.54, 1.807) is 12.4 Å². The molecule has 0 unspecified atom stereocenters. The first kappa shape index (κ1) is 20.2. The average molecular weight is 256 g/mol. The van der Waals surface area contributed by atoms with Gasteiger partial charge < -0.3 is 16.4 Å². The van der Waals surface area contributed by atoms with E-state index in [0.717, 1.165) is 11.4 Å². The van der Waals surface area contributed by atoms with Crippen LogP contribution in [0.2, 0.25) is 0 Å². The summed E-state index contributed by atoms with van der Waals surface area (Å²) in [7, 11) is 0. The van der Waals surface area contributed by atoms with Gasteiger partial charge in [0.15, 0.2) is 0 Å². The van der Waals surface area contributed by atoms with Gasteiger partial charge in [-0.2, -0.15) is 0 Å². The van der Waals surface area contributed by atoms with Crippen molar-refractivity contribution in [1.29, 1.82) is 0 Å². The van der Waals surface area contributed by atoms with E-state index < -0.39 is 0 Å². The van der Waals surface area contributed by atoms with Crippen LogP contribution in [-0.4, -0.2) is 9.97 Å². The van der Waals surface area contributed by atoms with Gasteiger partial charge in [-0.15, -0.1) is 0 Å². The van der Waals surface area contributed by atoms with E-state index in [2.05, 4.69) is 9.97 Å². The summed E-state index contributed by atoms with van der Waals surface area (Å²) in [6.45, 7) is 0. The van der Waals surface area contributed by atoms with Gasteiger partial charge in [0, 0.05) is 12.4 Å². The van der Waals surface area contributed by atoms with Crippen LogP contribution in [0.25, 0.3) is 11.4 Å². The van der Waals surface area contributed by atoms with Crippen molar-refractivity contribution in [2.75, 3.05) is 0 Å². The Balaban J connectivity index is -0.000000422. The minimum absolute atomic E-state index is 0. The number of aromatic nitrogens is 2. The molecular weight excluding hydrogens is 248 g/mol. The molecule has 5 nitrogen and oxygen atoms in total. The van der Waals surface area contributed by atoms with Crippen molar-refractivity contribution in [3.05, 3.63) is 48.8 Å². The third-order valence-corrected chi connectivity index (χ3v) is 1.59. The van der Waals surface area contributed by atoms with Crippen LogP contribution in [-0.2, 0) is 33.8 Å². The molecule has 2 rings (SSSR count).